The largest absolute Gasteiger partial charge is 0.0654 e. The van der Waals surface area contributed by atoms with E-state index < -0.39 is 0 Å². The van der Waals surface area contributed by atoms with E-state index in [2.05, 4.69) is 27.7 Å². The van der Waals surface area contributed by atoms with Gasteiger partial charge in [-0.05, 0) is 0 Å². The van der Waals surface area contributed by atoms with Crippen LogP contribution in [0.4, 0.5) is 0 Å². The topological polar surface area (TPSA) is 0 Å². The molecule has 0 spiro atoms. The van der Waals surface area contributed by atoms with Crippen LogP contribution in [0.25, 0.3) is 0 Å². The summed E-state index contributed by atoms with van der Waals surface area (Å²) in [6.07, 6.45) is 61.8. The Bertz CT molecular complexity index is 411. The van der Waals surface area contributed by atoms with Crippen LogP contribution in [0, 0.1) is 0 Å². The molecule has 0 atom stereocenters. The van der Waals surface area contributed by atoms with Crippen molar-refractivity contribution < 1.29 is 0 Å². The number of unbranched alkanes of at least 4 members (excludes halogenated alkanes) is 40. The summed E-state index contributed by atoms with van der Waals surface area (Å²) in [7, 11) is 0. The summed E-state index contributed by atoms with van der Waals surface area (Å²) in [4.78, 5) is 0. The van der Waals surface area contributed by atoms with Crippen molar-refractivity contribution in [2.75, 3.05) is 0 Å². The molecule has 0 bridgehead atoms. The van der Waals surface area contributed by atoms with Gasteiger partial charge in [-0.15, -0.1) is 0 Å². The van der Waals surface area contributed by atoms with E-state index in [1.54, 1.807) is 0 Å². The molecule has 0 radical (unpaired) electrons. The monoisotopic (exact) mass is 649 g/mol. The fraction of sp³-hybridized carbons (Fsp3) is 1.00. The van der Waals surface area contributed by atoms with Crippen molar-refractivity contribution >= 4 is 0 Å². The van der Waals surface area contributed by atoms with Crippen molar-refractivity contribution in [1.82, 2.24) is 0 Å². The van der Waals surface area contributed by atoms with Crippen molar-refractivity contribution in [1.29, 1.82) is 0 Å². The van der Waals surface area contributed by atoms with Gasteiger partial charge in [0.15, 0.2) is 0 Å². The molecule has 0 saturated heterocycles. The highest BCUT2D eigenvalue weighted by atomic mass is 14.0. The first kappa shape index (κ1) is 48.1. The number of hydrogen-bond donors (Lipinski definition) is 0. The summed E-state index contributed by atoms with van der Waals surface area (Å²) < 4.78 is 0. The molecule has 0 aliphatic carbocycles. The van der Waals surface area contributed by atoms with Gasteiger partial charge in [-0.3, -0.25) is 0 Å². The molecule has 0 aliphatic rings. The van der Waals surface area contributed by atoms with Crippen LogP contribution in [0.3, 0.4) is 0 Å². The van der Waals surface area contributed by atoms with Crippen LogP contribution in [-0.2, 0) is 0 Å². The summed E-state index contributed by atoms with van der Waals surface area (Å²) in [5.74, 6) is 0. The highest BCUT2D eigenvalue weighted by molar-refractivity contribution is 4.52. The van der Waals surface area contributed by atoms with Crippen LogP contribution in [0.15, 0.2) is 0 Å². The van der Waals surface area contributed by atoms with Crippen molar-refractivity contribution in [2.24, 2.45) is 0 Å². The highest BCUT2D eigenvalue weighted by Crippen LogP contribution is 2.17. The highest BCUT2D eigenvalue weighted by Gasteiger charge is 1.97. The second kappa shape index (κ2) is 49.4. The first-order valence-electron chi connectivity index (χ1n) is 22.8. The van der Waals surface area contributed by atoms with E-state index in [-0.39, 0.29) is 0 Å². The van der Waals surface area contributed by atoms with E-state index in [0.29, 0.717) is 0 Å². The van der Waals surface area contributed by atoms with Crippen LogP contribution >= 0.6 is 0 Å². The van der Waals surface area contributed by atoms with E-state index in [0.717, 1.165) is 0 Å². The Labute approximate surface area is 296 Å². The SMILES string of the molecule is CCCCCCCCCCCCCCCC.CCCCCCCCCCCCCCCCCCCCCCCCCCCCCC. The van der Waals surface area contributed by atoms with E-state index in [9.17, 15) is 0 Å². The maximum absolute atomic E-state index is 2.31. The molecule has 0 amide bonds. The average Bonchev–Trinajstić information content (AvgIpc) is 3.07. The lowest BCUT2D eigenvalue weighted by Gasteiger charge is -2.04. The second-order valence-corrected chi connectivity index (χ2v) is 15.4. The van der Waals surface area contributed by atoms with Gasteiger partial charge in [-0.2, -0.15) is 0 Å². The van der Waals surface area contributed by atoms with Gasteiger partial charge in [-0.1, -0.05) is 297 Å². The lowest BCUT2D eigenvalue weighted by molar-refractivity contribution is 0.514. The molecule has 0 fully saturated rings. The maximum atomic E-state index is 2.31. The fourth-order valence-corrected chi connectivity index (χ4v) is 7.01. The predicted octanol–water partition coefficient (Wildman–Crippen LogP) is 18.4. The minimum atomic E-state index is 1.37. The second-order valence-electron chi connectivity index (χ2n) is 15.4. The van der Waals surface area contributed by atoms with Gasteiger partial charge in [0, 0.05) is 0 Å². The Morgan fingerprint density at radius 1 is 0.109 bits per heavy atom. The minimum absolute atomic E-state index is 1.37. The van der Waals surface area contributed by atoms with E-state index >= 15 is 0 Å². The molecule has 0 saturated carbocycles. The maximum Gasteiger partial charge on any atom is -0.0533 e. The molecule has 0 aromatic carbocycles. The van der Waals surface area contributed by atoms with Crippen LogP contribution in [0.1, 0.15) is 297 Å². The Balaban J connectivity index is 0. The van der Waals surface area contributed by atoms with Gasteiger partial charge in [0.1, 0.15) is 0 Å². The minimum Gasteiger partial charge on any atom is -0.0654 e. The molecular formula is C46H96. The first-order chi connectivity index (χ1) is 22.8. The molecule has 0 nitrogen and oxygen atoms in total. The zero-order chi connectivity index (χ0) is 33.7. The number of rotatable bonds is 40. The van der Waals surface area contributed by atoms with Crippen molar-refractivity contribution in [2.45, 2.75) is 297 Å². The molecule has 280 valence electrons. The molecule has 0 heteroatoms. The molecule has 46 heavy (non-hydrogen) atoms. The Hall–Kier alpha value is 0. The summed E-state index contributed by atoms with van der Waals surface area (Å²) >= 11 is 0. The Morgan fingerprint density at radius 3 is 0.239 bits per heavy atom. The third kappa shape index (κ3) is 50.8. The van der Waals surface area contributed by atoms with Crippen molar-refractivity contribution in [3.05, 3.63) is 0 Å². The van der Waals surface area contributed by atoms with Gasteiger partial charge >= 0.3 is 0 Å². The average molecular weight is 649 g/mol. The first-order valence-corrected chi connectivity index (χ1v) is 22.8. The molecule has 0 aromatic heterocycles. The van der Waals surface area contributed by atoms with Crippen molar-refractivity contribution in [3.63, 3.8) is 0 Å². The van der Waals surface area contributed by atoms with Gasteiger partial charge in [-0.25, -0.2) is 0 Å². The Kier molecular flexibility index (Phi) is 51.7. The molecule has 0 rings (SSSR count). The van der Waals surface area contributed by atoms with Crippen LogP contribution in [0.2, 0.25) is 0 Å². The van der Waals surface area contributed by atoms with Gasteiger partial charge in [0.25, 0.3) is 0 Å². The Morgan fingerprint density at radius 2 is 0.174 bits per heavy atom. The molecule has 0 N–H and O–H groups in total. The zero-order valence-electron chi connectivity index (χ0n) is 33.7. The molecule has 0 heterocycles. The third-order valence-corrected chi connectivity index (χ3v) is 10.4. The smallest absolute Gasteiger partial charge is 0.0533 e. The standard InChI is InChI=1S/C30H62.C16H34/c1-3-5-7-9-11-13-15-17-19-21-23-25-27-29-30-28-26-24-22-20-18-16-14-12-10-8-6-4-2;1-3-5-7-9-11-13-15-16-14-12-10-8-6-4-2/h3-30H2,1-2H3;3-16H2,1-2H3. The number of hydrogen-bond acceptors (Lipinski definition) is 0. The van der Waals surface area contributed by atoms with E-state index in [4.69, 9.17) is 0 Å². The summed E-state index contributed by atoms with van der Waals surface area (Å²) in [5.41, 5.74) is 0. The van der Waals surface area contributed by atoms with Crippen LogP contribution in [-0.4, -0.2) is 0 Å². The summed E-state index contributed by atoms with van der Waals surface area (Å²) in [6.45, 7) is 9.19. The molecule has 0 aliphatic heterocycles. The fourth-order valence-electron chi connectivity index (χ4n) is 7.01. The van der Waals surface area contributed by atoms with Gasteiger partial charge < -0.3 is 0 Å². The lowest BCUT2D eigenvalue weighted by Crippen LogP contribution is -1.84. The van der Waals surface area contributed by atoms with Gasteiger partial charge in [0.05, 0.1) is 0 Å². The van der Waals surface area contributed by atoms with Crippen molar-refractivity contribution in [3.8, 4) is 0 Å². The predicted molar refractivity (Wildman–Crippen MR) is 217 cm³/mol. The lowest BCUT2D eigenvalue weighted by atomic mass is 10.0. The van der Waals surface area contributed by atoms with Crippen LogP contribution < -0.4 is 0 Å². The molecule has 0 unspecified atom stereocenters. The molecular weight excluding hydrogens is 553 g/mol. The normalized spacial score (nSPS) is 11.2. The quantitative estimate of drug-likeness (QED) is 0.0580. The van der Waals surface area contributed by atoms with E-state index in [1.165, 1.54) is 270 Å². The summed E-state index contributed by atoms with van der Waals surface area (Å²) in [6, 6.07) is 0. The zero-order valence-corrected chi connectivity index (χ0v) is 33.7. The molecule has 0 aromatic rings. The van der Waals surface area contributed by atoms with E-state index in [1.807, 2.05) is 0 Å². The summed E-state index contributed by atoms with van der Waals surface area (Å²) in [5, 5.41) is 0. The van der Waals surface area contributed by atoms with Gasteiger partial charge in [0.2, 0.25) is 0 Å². The third-order valence-electron chi connectivity index (χ3n) is 10.4. The van der Waals surface area contributed by atoms with Crippen LogP contribution in [0.5, 0.6) is 0 Å².